The Morgan fingerprint density at radius 1 is 1.05 bits per heavy atom. The van der Waals surface area contributed by atoms with E-state index in [1.165, 1.54) is 25.7 Å². The van der Waals surface area contributed by atoms with E-state index in [0.29, 0.717) is 12.6 Å². The molecule has 0 saturated heterocycles. The summed E-state index contributed by atoms with van der Waals surface area (Å²) in [7, 11) is 1.99. The molecule has 4 nitrogen and oxygen atoms in total. The molecule has 1 N–H and O–H groups in total. The monoisotopic (exact) mass is 296 g/mol. The third kappa shape index (κ3) is 4.43. The van der Waals surface area contributed by atoms with Crippen LogP contribution in [0.2, 0.25) is 0 Å². The van der Waals surface area contributed by atoms with Crippen LogP contribution in [0.5, 0.6) is 0 Å². The summed E-state index contributed by atoms with van der Waals surface area (Å²) in [5, 5.41) is 10.1. The zero-order valence-electron chi connectivity index (χ0n) is 13.8. The first kappa shape index (κ1) is 16.8. The van der Waals surface area contributed by atoms with Crippen molar-refractivity contribution in [3.63, 3.8) is 0 Å². The van der Waals surface area contributed by atoms with E-state index in [4.69, 9.17) is 0 Å². The normalized spacial score (nSPS) is 27.8. The highest BCUT2D eigenvalue weighted by molar-refractivity contribution is 5.78. The molecule has 2 aliphatic rings. The molecule has 0 radical (unpaired) electrons. The van der Waals surface area contributed by atoms with E-state index in [2.05, 4.69) is 16.7 Å². The van der Waals surface area contributed by atoms with Crippen molar-refractivity contribution < 1.29 is 9.90 Å². The van der Waals surface area contributed by atoms with Gasteiger partial charge in [-0.3, -0.25) is 9.69 Å². The number of carbonyl (C=O) groups is 1. The van der Waals surface area contributed by atoms with E-state index in [0.717, 1.165) is 38.6 Å². The van der Waals surface area contributed by atoms with E-state index in [1.807, 2.05) is 7.05 Å². The van der Waals surface area contributed by atoms with Crippen molar-refractivity contribution >= 4 is 5.91 Å². The Morgan fingerprint density at radius 2 is 1.67 bits per heavy atom. The fraction of sp³-hybridized carbons (Fsp3) is 0.941. The number of hydrogen-bond donors (Lipinski definition) is 1. The van der Waals surface area contributed by atoms with Crippen molar-refractivity contribution in [3.05, 3.63) is 0 Å². The lowest BCUT2D eigenvalue weighted by atomic mass is 9.91. The SMILES string of the molecule is CCN(C(=O)CN(C)C1CCCCC1O)C1CCCCC1. The Hall–Kier alpha value is -0.610. The van der Waals surface area contributed by atoms with Crippen LogP contribution in [0, 0.1) is 0 Å². The summed E-state index contributed by atoms with van der Waals surface area (Å²) in [6.45, 7) is 3.35. The topological polar surface area (TPSA) is 43.8 Å². The summed E-state index contributed by atoms with van der Waals surface area (Å²) in [4.78, 5) is 16.8. The standard InChI is InChI=1S/C17H32N2O2/c1-3-19(14-9-5-4-6-10-14)17(21)13-18(2)15-11-7-8-12-16(15)20/h14-16,20H,3-13H2,1-2H3. The summed E-state index contributed by atoms with van der Waals surface area (Å²) in [5.74, 6) is 0.240. The van der Waals surface area contributed by atoms with Crippen molar-refractivity contribution in [2.75, 3.05) is 20.1 Å². The lowest BCUT2D eigenvalue weighted by Gasteiger charge is -2.38. The zero-order chi connectivity index (χ0) is 15.2. The van der Waals surface area contributed by atoms with Gasteiger partial charge in [-0.25, -0.2) is 0 Å². The molecule has 2 atom stereocenters. The lowest BCUT2D eigenvalue weighted by molar-refractivity contribution is -0.136. The van der Waals surface area contributed by atoms with Gasteiger partial charge in [-0.15, -0.1) is 0 Å². The molecule has 2 rings (SSSR count). The number of aliphatic hydroxyl groups excluding tert-OH is 1. The van der Waals surface area contributed by atoms with Crippen molar-refractivity contribution in [2.24, 2.45) is 0 Å². The van der Waals surface area contributed by atoms with Gasteiger partial charge >= 0.3 is 0 Å². The third-order valence-electron chi connectivity index (χ3n) is 5.32. The molecular formula is C17H32N2O2. The van der Waals surface area contributed by atoms with Crippen LogP contribution in [0.3, 0.4) is 0 Å². The minimum absolute atomic E-state index is 0.160. The first-order valence-corrected chi connectivity index (χ1v) is 8.81. The molecule has 2 unspecified atom stereocenters. The van der Waals surface area contributed by atoms with Crippen molar-refractivity contribution in [2.45, 2.75) is 82.9 Å². The number of hydrogen-bond acceptors (Lipinski definition) is 3. The molecule has 0 aromatic carbocycles. The molecule has 2 aliphatic carbocycles. The van der Waals surface area contributed by atoms with Crippen LogP contribution in [-0.4, -0.2) is 59.1 Å². The molecule has 2 saturated carbocycles. The Balaban J connectivity index is 1.88. The lowest BCUT2D eigenvalue weighted by Crippen LogP contribution is -2.50. The number of amides is 1. The number of carbonyl (C=O) groups excluding carboxylic acids is 1. The summed E-state index contributed by atoms with van der Waals surface area (Å²) in [5.41, 5.74) is 0. The molecule has 1 amide bonds. The van der Waals surface area contributed by atoms with Gasteiger partial charge in [0.25, 0.3) is 0 Å². The molecule has 0 aliphatic heterocycles. The van der Waals surface area contributed by atoms with E-state index in [1.54, 1.807) is 0 Å². The van der Waals surface area contributed by atoms with Crippen LogP contribution in [0.1, 0.15) is 64.7 Å². The molecule has 0 aromatic heterocycles. The fourth-order valence-corrected chi connectivity index (χ4v) is 4.06. The molecule has 2 fully saturated rings. The fourth-order valence-electron chi connectivity index (χ4n) is 4.06. The van der Waals surface area contributed by atoms with Gasteiger partial charge in [0, 0.05) is 18.6 Å². The first-order chi connectivity index (χ1) is 10.1. The molecular weight excluding hydrogens is 264 g/mol. The predicted molar refractivity (Wildman–Crippen MR) is 85.2 cm³/mol. The maximum absolute atomic E-state index is 12.6. The van der Waals surface area contributed by atoms with E-state index in [-0.39, 0.29) is 18.1 Å². The predicted octanol–water partition coefficient (Wildman–Crippen LogP) is 2.40. The van der Waals surface area contributed by atoms with Gasteiger partial charge < -0.3 is 10.0 Å². The maximum atomic E-state index is 12.6. The molecule has 122 valence electrons. The molecule has 0 aromatic rings. The van der Waals surface area contributed by atoms with Crippen molar-refractivity contribution in [1.29, 1.82) is 0 Å². The highest BCUT2D eigenvalue weighted by atomic mass is 16.3. The van der Waals surface area contributed by atoms with Crippen molar-refractivity contribution in [3.8, 4) is 0 Å². The van der Waals surface area contributed by atoms with Crippen molar-refractivity contribution in [1.82, 2.24) is 9.80 Å². The Labute approximate surface area is 129 Å². The Bertz CT molecular complexity index is 329. The molecule has 4 heteroatoms. The van der Waals surface area contributed by atoms with Gasteiger partial charge in [-0.1, -0.05) is 32.1 Å². The number of aliphatic hydroxyl groups is 1. The summed E-state index contributed by atoms with van der Waals surface area (Å²) in [6.07, 6.45) is 10.1. The van der Waals surface area contributed by atoms with Gasteiger partial charge in [0.15, 0.2) is 0 Å². The quantitative estimate of drug-likeness (QED) is 0.847. The third-order valence-corrected chi connectivity index (χ3v) is 5.32. The highest BCUT2D eigenvalue weighted by Gasteiger charge is 2.30. The second-order valence-corrected chi connectivity index (χ2v) is 6.81. The molecule has 0 heterocycles. The van der Waals surface area contributed by atoms with Gasteiger partial charge in [-0.2, -0.15) is 0 Å². The van der Waals surface area contributed by atoms with E-state index in [9.17, 15) is 9.90 Å². The number of likely N-dealkylation sites (N-methyl/N-ethyl adjacent to an activating group) is 2. The zero-order valence-corrected chi connectivity index (χ0v) is 13.8. The van der Waals surface area contributed by atoms with Gasteiger partial charge in [0.1, 0.15) is 0 Å². The van der Waals surface area contributed by atoms with Crippen LogP contribution < -0.4 is 0 Å². The molecule has 0 bridgehead atoms. The average molecular weight is 296 g/mol. The maximum Gasteiger partial charge on any atom is 0.236 e. The average Bonchev–Trinajstić information content (AvgIpc) is 2.49. The largest absolute Gasteiger partial charge is 0.391 e. The number of rotatable bonds is 5. The minimum Gasteiger partial charge on any atom is -0.391 e. The number of nitrogens with zero attached hydrogens (tertiary/aromatic N) is 2. The van der Waals surface area contributed by atoms with Gasteiger partial charge in [-0.05, 0) is 39.7 Å². The second-order valence-electron chi connectivity index (χ2n) is 6.81. The van der Waals surface area contributed by atoms with Gasteiger partial charge in [0.2, 0.25) is 5.91 Å². The minimum atomic E-state index is -0.263. The van der Waals surface area contributed by atoms with E-state index < -0.39 is 0 Å². The molecule has 21 heavy (non-hydrogen) atoms. The Kier molecular flexibility index (Phi) is 6.49. The van der Waals surface area contributed by atoms with Crippen LogP contribution in [0.15, 0.2) is 0 Å². The smallest absolute Gasteiger partial charge is 0.236 e. The second kappa shape index (κ2) is 8.14. The summed E-state index contributed by atoms with van der Waals surface area (Å²) >= 11 is 0. The Morgan fingerprint density at radius 3 is 2.29 bits per heavy atom. The van der Waals surface area contributed by atoms with Crippen LogP contribution in [-0.2, 0) is 4.79 Å². The highest BCUT2D eigenvalue weighted by Crippen LogP contribution is 2.24. The first-order valence-electron chi connectivity index (χ1n) is 8.81. The summed E-state index contributed by atoms with van der Waals surface area (Å²) < 4.78 is 0. The molecule has 0 spiro atoms. The van der Waals surface area contributed by atoms with Crippen LogP contribution >= 0.6 is 0 Å². The van der Waals surface area contributed by atoms with Crippen LogP contribution in [0.25, 0.3) is 0 Å². The van der Waals surface area contributed by atoms with Crippen LogP contribution in [0.4, 0.5) is 0 Å². The van der Waals surface area contributed by atoms with Gasteiger partial charge in [0.05, 0.1) is 12.6 Å². The van der Waals surface area contributed by atoms with E-state index >= 15 is 0 Å². The summed E-state index contributed by atoms with van der Waals surface area (Å²) in [6, 6.07) is 0.605.